The zero-order chi connectivity index (χ0) is 15.3. The van der Waals surface area contributed by atoms with Gasteiger partial charge in [0, 0.05) is 22.3 Å². The number of hydrogen-bond donors (Lipinski definition) is 2. The van der Waals surface area contributed by atoms with Crippen molar-refractivity contribution >= 4 is 21.4 Å². The monoisotopic (exact) mass is 318 g/mol. The van der Waals surface area contributed by atoms with E-state index in [0.717, 1.165) is 29.3 Å². The van der Waals surface area contributed by atoms with Gasteiger partial charge in [-0.15, -0.1) is 11.3 Å². The molecule has 20 heavy (non-hydrogen) atoms. The van der Waals surface area contributed by atoms with Crippen LogP contribution in [0.1, 0.15) is 43.9 Å². The van der Waals surface area contributed by atoms with E-state index in [1.165, 1.54) is 0 Å². The second kappa shape index (κ2) is 7.54. The molecule has 1 rings (SSSR count). The highest BCUT2D eigenvalue weighted by atomic mass is 32.2. The number of thiophene rings is 1. The Morgan fingerprint density at radius 1 is 1.30 bits per heavy atom. The molecule has 1 heterocycles. The van der Waals surface area contributed by atoms with Crippen molar-refractivity contribution in [1.82, 2.24) is 10.0 Å². The average molecular weight is 319 g/mol. The lowest BCUT2D eigenvalue weighted by Crippen LogP contribution is -2.33. The van der Waals surface area contributed by atoms with E-state index in [1.54, 1.807) is 17.4 Å². The van der Waals surface area contributed by atoms with Crippen LogP contribution >= 0.6 is 11.3 Å². The van der Waals surface area contributed by atoms with Crippen molar-refractivity contribution in [3.63, 3.8) is 0 Å². The third kappa shape index (κ3) is 5.16. The molecule has 0 aromatic carbocycles. The van der Waals surface area contributed by atoms with Gasteiger partial charge in [-0.1, -0.05) is 20.8 Å². The van der Waals surface area contributed by atoms with Crippen LogP contribution in [0, 0.1) is 12.8 Å². The molecule has 0 saturated carbocycles. The third-order valence-corrected chi connectivity index (χ3v) is 5.84. The maximum atomic E-state index is 12.4. The summed E-state index contributed by atoms with van der Waals surface area (Å²) in [6.07, 6.45) is 0.840. The van der Waals surface area contributed by atoms with E-state index in [2.05, 4.69) is 23.9 Å². The van der Waals surface area contributed by atoms with Gasteiger partial charge in [-0.05, 0) is 38.8 Å². The highest BCUT2D eigenvalue weighted by molar-refractivity contribution is 7.89. The summed E-state index contributed by atoms with van der Waals surface area (Å²) in [5.41, 5.74) is 0. The predicted molar refractivity (Wildman–Crippen MR) is 85.7 cm³/mol. The van der Waals surface area contributed by atoms with Gasteiger partial charge in [0.2, 0.25) is 10.0 Å². The highest BCUT2D eigenvalue weighted by Gasteiger charge is 2.22. The van der Waals surface area contributed by atoms with Crippen LogP contribution in [0.25, 0.3) is 0 Å². The molecule has 0 aliphatic carbocycles. The van der Waals surface area contributed by atoms with Gasteiger partial charge in [-0.2, -0.15) is 0 Å². The number of nitrogens with one attached hydrogen (secondary N) is 2. The van der Waals surface area contributed by atoms with Crippen molar-refractivity contribution in [2.24, 2.45) is 5.92 Å². The molecule has 0 aliphatic heterocycles. The van der Waals surface area contributed by atoms with Crippen molar-refractivity contribution in [3.8, 4) is 0 Å². The zero-order valence-electron chi connectivity index (χ0n) is 13.0. The van der Waals surface area contributed by atoms with Gasteiger partial charge in [-0.25, -0.2) is 13.1 Å². The molecule has 2 N–H and O–H groups in total. The van der Waals surface area contributed by atoms with Crippen LogP contribution in [0.2, 0.25) is 0 Å². The van der Waals surface area contributed by atoms with Gasteiger partial charge in [0.1, 0.15) is 0 Å². The fourth-order valence-corrected chi connectivity index (χ4v) is 5.07. The van der Waals surface area contributed by atoms with Gasteiger partial charge in [0.15, 0.2) is 0 Å². The minimum absolute atomic E-state index is 0.0449. The summed E-state index contributed by atoms with van der Waals surface area (Å²) in [4.78, 5) is 2.33. The van der Waals surface area contributed by atoms with E-state index in [1.807, 2.05) is 20.8 Å². The van der Waals surface area contributed by atoms with Crippen molar-refractivity contribution in [3.05, 3.63) is 15.8 Å². The molecule has 0 saturated heterocycles. The van der Waals surface area contributed by atoms with Crippen molar-refractivity contribution in [1.29, 1.82) is 0 Å². The summed E-state index contributed by atoms with van der Waals surface area (Å²) < 4.78 is 27.6. The highest BCUT2D eigenvalue weighted by Crippen LogP contribution is 2.26. The summed E-state index contributed by atoms with van der Waals surface area (Å²) in [5.74, 6) is 0.473. The molecule has 1 aromatic rings. The Morgan fingerprint density at radius 2 is 1.95 bits per heavy atom. The lowest BCUT2D eigenvalue weighted by Gasteiger charge is -2.15. The molecular formula is C14H26N2O2S2. The number of hydrogen-bond acceptors (Lipinski definition) is 4. The predicted octanol–water partition coefficient (Wildman–Crippen LogP) is 2.88. The van der Waals surface area contributed by atoms with E-state index < -0.39 is 10.0 Å². The fourth-order valence-electron chi connectivity index (χ4n) is 2.21. The Balaban J connectivity index is 2.84. The van der Waals surface area contributed by atoms with Gasteiger partial charge >= 0.3 is 0 Å². The number of aryl methyl sites for hydroxylation is 1. The lowest BCUT2D eigenvalue weighted by molar-refractivity contribution is 0.482. The van der Waals surface area contributed by atoms with E-state index in [9.17, 15) is 8.42 Å². The van der Waals surface area contributed by atoms with Crippen LogP contribution in [0.5, 0.6) is 0 Å². The van der Waals surface area contributed by atoms with E-state index in [0.29, 0.717) is 10.8 Å². The van der Waals surface area contributed by atoms with E-state index in [-0.39, 0.29) is 6.04 Å². The summed E-state index contributed by atoms with van der Waals surface area (Å²) in [5, 5.41) is 3.22. The lowest BCUT2D eigenvalue weighted by atomic mass is 10.1. The third-order valence-electron chi connectivity index (χ3n) is 2.94. The Hall–Kier alpha value is -0.430. The van der Waals surface area contributed by atoms with Gasteiger partial charge in [0.05, 0.1) is 4.90 Å². The Kier molecular flexibility index (Phi) is 6.64. The molecule has 0 fully saturated rings. The Labute approximate surface area is 127 Å². The number of sulfonamides is 1. The van der Waals surface area contributed by atoms with E-state index in [4.69, 9.17) is 0 Å². The molecule has 0 spiro atoms. The van der Waals surface area contributed by atoms with Crippen LogP contribution in [0.3, 0.4) is 0 Å². The molecule has 1 unspecified atom stereocenters. The first-order valence-electron chi connectivity index (χ1n) is 7.08. The number of rotatable bonds is 8. The normalized spacial score (nSPS) is 13.9. The fraction of sp³-hybridized carbons (Fsp3) is 0.714. The minimum atomic E-state index is -3.41. The molecule has 1 atom stereocenters. The minimum Gasteiger partial charge on any atom is -0.312 e. The molecule has 6 heteroatoms. The van der Waals surface area contributed by atoms with Crippen molar-refractivity contribution < 1.29 is 8.42 Å². The molecule has 0 bridgehead atoms. The molecule has 0 aliphatic rings. The van der Waals surface area contributed by atoms with Gasteiger partial charge < -0.3 is 5.32 Å². The van der Waals surface area contributed by atoms with Crippen molar-refractivity contribution in [2.45, 2.75) is 58.5 Å². The van der Waals surface area contributed by atoms with Gasteiger partial charge in [0.25, 0.3) is 0 Å². The van der Waals surface area contributed by atoms with E-state index >= 15 is 0 Å². The summed E-state index contributed by atoms with van der Waals surface area (Å²) in [6, 6.07) is 1.74. The molecule has 1 aromatic heterocycles. The summed E-state index contributed by atoms with van der Waals surface area (Å²) in [6.45, 7) is 11.6. The van der Waals surface area contributed by atoms with Crippen LogP contribution in [-0.4, -0.2) is 21.0 Å². The average Bonchev–Trinajstić information content (AvgIpc) is 2.66. The van der Waals surface area contributed by atoms with Crippen molar-refractivity contribution in [2.75, 3.05) is 6.54 Å². The molecular weight excluding hydrogens is 292 g/mol. The van der Waals surface area contributed by atoms with Crippen LogP contribution in [-0.2, 0) is 16.6 Å². The maximum Gasteiger partial charge on any atom is 0.241 e. The standard InChI is InChI=1S/C14H26N2O2S2/c1-6-15-9-13-8-14(12(5)19-13)20(17,18)16-11(4)7-10(2)3/h8,10-11,15-16H,6-7,9H2,1-5H3. The maximum absolute atomic E-state index is 12.4. The smallest absolute Gasteiger partial charge is 0.241 e. The summed E-state index contributed by atoms with van der Waals surface area (Å²) >= 11 is 1.54. The Morgan fingerprint density at radius 3 is 2.50 bits per heavy atom. The topological polar surface area (TPSA) is 58.2 Å². The Bertz CT molecular complexity index is 521. The molecule has 0 amide bonds. The molecule has 116 valence electrons. The molecule has 4 nitrogen and oxygen atoms in total. The zero-order valence-corrected chi connectivity index (χ0v) is 14.6. The first-order valence-corrected chi connectivity index (χ1v) is 9.38. The second-order valence-electron chi connectivity index (χ2n) is 5.57. The van der Waals surface area contributed by atoms with Gasteiger partial charge in [-0.3, -0.25) is 0 Å². The summed E-state index contributed by atoms with van der Waals surface area (Å²) in [7, 11) is -3.41. The largest absolute Gasteiger partial charge is 0.312 e. The van der Waals surface area contributed by atoms with Crippen LogP contribution < -0.4 is 10.0 Å². The van der Waals surface area contributed by atoms with Crippen LogP contribution in [0.15, 0.2) is 11.0 Å². The second-order valence-corrected chi connectivity index (χ2v) is 8.59. The SMILES string of the molecule is CCNCc1cc(S(=O)(=O)NC(C)CC(C)C)c(C)s1. The van der Waals surface area contributed by atoms with Crippen LogP contribution in [0.4, 0.5) is 0 Å². The first kappa shape index (κ1) is 17.6. The molecule has 0 radical (unpaired) electrons. The first-order chi connectivity index (χ1) is 9.26. The quantitative estimate of drug-likeness (QED) is 0.775.